The maximum Gasteiger partial charge on any atom is 0.191 e. The lowest BCUT2D eigenvalue weighted by Gasteiger charge is -2.43. The summed E-state index contributed by atoms with van der Waals surface area (Å²) in [5, 5.41) is 29.7. The van der Waals surface area contributed by atoms with Crippen molar-refractivity contribution in [3.05, 3.63) is 58.3 Å². The van der Waals surface area contributed by atoms with Crippen LogP contribution in [0.4, 0.5) is 0 Å². The molecule has 0 unspecified atom stereocenters. The number of hydrogen-bond donors (Lipinski definition) is 1. The summed E-state index contributed by atoms with van der Waals surface area (Å²) in [7, 11) is 0. The molecule has 27 heavy (non-hydrogen) atoms. The molecule has 4 heteroatoms. The van der Waals surface area contributed by atoms with Gasteiger partial charge in [0, 0.05) is 5.92 Å². The van der Waals surface area contributed by atoms with Crippen LogP contribution in [0.2, 0.25) is 0 Å². The highest BCUT2D eigenvalue weighted by Crippen LogP contribution is 2.55. The molecule has 0 aliphatic heterocycles. The van der Waals surface area contributed by atoms with E-state index in [2.05, 4.69) is 57.2 Å². The van der Waals surface area contributed by atoms with Crippen molar-refractivity contribution in [1.82, 2.24) is 0 Å². The molecule has 2 aliphatic rings. The first-order chi connectivity index (χ1) is 12.8. The van der Waals surface area contributed by atoms with Gasteiger partial charge in [0.25, 0.3) is 0 Å². The molecule has 0 spiro atoms. The fourth-order valence-electron chi connectivity index (χ4n) is 4.44. The Kier molecular flexibility index (Phi) is 4.59. The minimum Gasteiger partial charge on any atom is -0.399 e. The summed E-state index contributed by atoms with van der Waals surface area (Å²) in [5.41, 5.74) is 8.26. The van der Waals surface area contributed by atoms with Crippen molar-refractivity contribution in [2.45, 2.75) is 51.4 Å². The number of fused-ring (bicyclic) bond motifs is 1. The van der Waals surface area contributed by atoms with E-state index in [0.717, 1.165) is 30.4 Å². The zero-order valence-corrected chi connectivity index (χ0v) is 16.1. The lowest BCUT2D eigenvalue weighted by Crippen LogP contribution is -2.42. The van der Waals surface area contributed by atoms with Crippen LogP contribution in [-0.4, -0.2) is 0 Å². The summed E-state index contributed by atoms with van der Waals surface area (Å²) in [5.74, 6) is -0.411. The zero-order chi connectivity index (χ0) is 19.8. The second-order valence-corrected chi connectivity index (χ2v) is 8.48. The number of benzene rings is 1. The zero-order valence-electron chi connectivity index (χ0n) is 16.1. The van der Waals surface area contributed by atoms with Gasteiger partial charge in [-0.2, -0.15) is 15.8 Å². The third-order valence-corrected chi connectivity index (χ3v) is 5.94. The second kappa shape index (κ2) is 6.61. The molecular formula is C23H24N4. The smallest absolute Gasteiger partial charge is 0.191 e. The van der Waals surface area contributed by atoms with Gasteiger partial charge < -0.3 is 5.73 Å². The van der Waals surface area contributed by atoms with Crippen molar-refractivity contribution in [1.29, 1.82) is 15.8 Å². The van der Waals surface area contributed by atoms with E-state index in [1.807, 2.05) is 12.1 Å². The van der Waals surface area contributed by atoms with Crippen LogP contribution in [0.5, 0.6) is 0 Å². The minimum absolute atomic E-state index is 0.0233. The van der Waals surface area contributed by atoms with Crippen LogP contribution >= 0.6 is 0 Å². The number of nitrogens with two attached hydrogens (primary N) is 1. The Morgan fingerprint density at radius 3 is 2.22 bits per heavy atom. The standard InChI is InChI=1S/C23H24N4/c1-22(2,3)16-10-8-15(9-11-16)20-18-7-5-4-6-17(18)19(12-24)21(27)23(20,13-25)14-26/h6,8-11,18,20H,4-5,7,27H2,1-3H3/t18-,20-/m1/s1. The van der Waals surface area contributed by atoms with E-state index < -0.39 is 5.41 Å². The highest BCUT2D eigenvalue weighted by atomic mass is 14.7. The molecule has 0 amide bonds. The van der Waals surface area contributed by atoms with E-state index in [1.165, 1.54) is 5.56 Å². The Bertz CT molecular complexity index is 923. The average molecular weight is 356 g/mol. The van der Waals surface area contributed by atoms with Crippen molar-refractivity contribution in [2.24, 2.45) is 17.1 Å². The third kappa shape index (κ3) is 2.81. The molecule has 1 aromatic rings. The third-order valence-electron chi connectivity index (χ3n) is 5.94. The number of nitrogens with zero attached hydrogens (tertiary/aromatic N) is 3. The van der Waals surface area contributed by atoms with Gasteiger partial charge in [-0.1, -0.05) is 51.1 Å². The summed E-state index contributed by atoms with van der Waals surface area (Å²) >= 11 is 0. The van der Waals surface area contributed by atoms with E-state index in [0.29, 0.717) is 5.57 Å². The monoisotopic (exact) mass is 356 g/mol. The molecular weight excluding hydrogens is 332 g/mol. The fraction of sp³-hybridized carbons (Fsp3) is 0.435. The predicted molar refractivity (Wildman–Crippen MR) is 104 cm³/mol. The Morgan fingerprint density at radius 2 is 1.70 bits per heavy atom. The summed E-state index contributed by atoms with van der Waals surface area (Å²) in [6.45, 7) is 6.46. The first-order valence-corrected chi connectivity index (χ1v) is 9.34. The van der Waals surface area contributed by atoms with Gasteiger partial charge in [-0.15, -0.1) is 0 Å². The lowest BCUT2D eigenvalue weighted by molar-refractivity contribution is 0.317. The van der Waals surface area contributed by atoms with Crippen LogP contribution in [-0.2, 0) is 5.41 Å². The Hall–Kier alpha value is -3.03. The SMILES string of the molecule is CC(C)(C)c1ccc([C@@H]2[C@@H]3CCCC=C3C(C#N)=C(N)C2(C#N)C#N)cc1. The quantitative estimate of drug-likeness (QED) is 0.796. The van der Waals surface area contributed by atoms with Gasteiger partial charge in [0.1, 0.15) is 6.07 Å². The lowest BCUT2D eigenvalue weighted by atomic mass is 9.56. The van der Waals surface area contributed by atoms with Crippen LogP contribution < -0.4 is 5.73 Å². The van der Waals surface area contributed by atoms with Crippen LogP contribution in [0.3, 0.4) is 0 Å². The minimum atomic E-state index is -1.52. The molecule has 0 heterocycles. The van der Waals surface area contributed by atoms with E-state index in [-0.39, 0.29) is 22.9 Å². The number of hydrogen-bond acceptors (Lipinski definition) is 4. The van der Waals surface area contributed by atoms with Crippen molar-refractivity contribution < 1.29 is 0 Å². The molecule has 0 saturated carbocycles. The van der Waals surface area contributed by atoms with Crippen LogP contribution in [0.15, 0.2) is 47.2 Å². The first-order valence-electron chi connectivity index (χ1n) is 9.34. The molecule has 2 N–H and O–H groups in total. The van der Waals surface area contributed by atoms with Gasteiger partial charge in [-0.3, -0.25) is 0 Å². The van der Waals surface area contributed by atoms with E-state index in [9.17, 15) is 15.8 Å². The number of allylic oxidation sites excluding steroid dienone is 4. The van der Waals surface area contributed by atoms with E-state index in [1.54, 1.807) is 0 Å². The Morgan fingerprint density at radius 1 is 1.07 bits per heavy atom. The van der Waals surface area contributed by atoms with E-state index in [4.69, 9.17) is 5.73 Å². The highest BCUT2D eigenvalue weighted by molar-refractivity contribution is 5.59. The summed E-state index contributed by atoms with van der Waals surface area (Å²) < 4.78 is 0. The number of rotatable bonds is 1. The maximum atomic E-state index is 10.0. The summed E-state index contributed by atoms with van der Waals surface area (Å²) in [6, 6.07) is 14.7. The highest BCUT2D eigenvalue weighted by Gasteiger charge is 2.53. The van der Waals surface area contributed by atoms with Gasteiger partial charge in [0.2, 0.25) is 0 Å². The Labute approximate surface area is 161 Å². The van der Waals surface area contributed by atoms with Gasteiger partial charge >= 0.3 is 0 Å². The van der Waals surface area contributed by atoms with Gasteiger partial charge in [0.05, 0.1) is 23.4 Å². The molecule has 2 aliphatic carbocycles. The topological polar surface area (TPSA) is 97.4 Å². The van der Waals surface area contributed by atoms with E-state index >= 15 is 0 Å². The summed E-state index contributed by atoms with van der Waals surface area (Å²) in [6.07, 6.45) is 4.79. The molecule has 0 saturated heterocycles. The van der Waals surface area contributed by atoms with Gasteiger partial charge in [-0.05, 0) is 47.3 Å². The Balaban J connectivity index is 2.24. The molecule has 2 atom stereocenters. The van der Waals surface area contributed by atoms with Gasteiger partial charge in [-0.25, -0.2) is 0 Å². The average Bonchev–Trinajstić information content (AvgIpc) is 2.66. The summed E-state index contributed by atoms with van der Waals surface area (Å²) in [4.78, 5) is 0. The molecule has 0 fully saturated rings. The molecule has 0 aromatic heterocycles. The molecule has 0 radical (unpaired) electrons. The number of nitriles is 3. The van der Waals surface area contributed by atoms with Crippen LogP contribution in [0.1, 0.15) is 57.1 Å². The molecule has 1 aromatic carbocycles. The van der Waals surface area contributed by atoms with Crippen molar-refractivity contribution in [3.63, 3.8) is 0 Å². The molecule has 4 nitrogen and oxygen atoms in total. The maximum absolute atomic E-state index is 10.0. The molecule has 136 valence electrons. The van der Waals surface area contributed by atoms with Crippen LogP contribution in [0.25, 0.3) is 0 Å². The van der Waals surface area contributed by atoms with Crippen molar-refractivity contribution >= 4 is 0 Å². The second-order valence-electron chi connectivity index (χ2n) is 8.48. The van der Waals surface area contributed by atoms with Crippen molar-refractivity contribution in [3.8, 4) is 18.2 Å². The largest absolute Gasteiger partial charge is 0.399 e. The van der Waals surface area contributed by atoms with Gasteiger partial charge in [0.15, 0.2) is 5.41 Å². The molecule has 3 rings (SSSR count). The van der Waals surface area contributed by atoms with Crippen LogP contribution in [0, 0.1) is 45.3 Å². The first kappa shape index (κ1) is 18.8. The van der Waals surface area contributed by atoms with Crippen molar-refractivity contribution in [2.75, 3.05) is 0 Å². The normalized spacial score (nSPS) is 24.1. The predicted octanol–water partition coefficient (Wildman–Crippen LogP) is 4.58. The fourth-order valence-corrected chi connectivity index (χ4v) is 4.44. The molecule has 0 bridgehead atoms.